The molecule has 0 unspecified atom stereocenters. The van der Waals surface area contributed by atoms with E-state index in [-0.39, 0.29) is 0 Å². The van der Waals surface area contributed by atoms with Crippen LogP contribution >= 0.6 is 0 Å². The third-order valence-corrected chi connectivity index (χ3v) is 7.01. The van der Waals surface area contributed by atoms with Gasteiger partial charge in [0, 0.05) is 30.8 Å². The Bertz CT molecular complexity index is 1250. The monoisotopic (exact) mass is 495 g/mol. The first kappa shape index (κ1) is 26.7. The van der Waals surface area contributed by atoms with Crippen molar-refractivity contribution in [2.75, 3.05) is 6.54 Å². The summed E-state index contributed by atoms with van der Waals surface area (Å²) in [6.45, 7) is 10.1. The fourth-order valence-corrected chi connectivity index (χ4v) is 4.92. The Morgan fingerprint density at radius 2 is 1.46 bits per heavy atom. The van der Waals surface area contributed by atoms with E-state index in [1.54, 1.807) is 0 Å². The third kappa shape index (κ3) is 6.90. The minimum Gasteiger partial charge on any atom is -0.508 e. The molecule has 0 fully saturated rings. The number of benzene rings is 3. The molecule has 1 aromatic heterocycles. The first-order valence-electron chi connectivity index (χ1n) is 13.8. The van der Waals surface area contributed by atoms with E-state index in [9.17, 15) is 5.11 Å². The van der Waals surface area contributed by atoms with Crippen molar-refractivity contribution in [3.8, 4) is 28.4 Å². The Morgan fingerprint density at radius 1 is 0.784 bits per heavy atom. The predicted octanol–water partition coefficient (Wildman–Crippen LogP) is 8.22. The lowest BCUT2D eigenvalue weighted by Crippen LogP contribution is -2.26. The molecule has 0 saturated carbocycles. The fourth-order valence-electron chi connectivity index (χ4n) is 4.92. The van der Waals surface area contributed by atoms with Crippen LogP contribution in [0.3, 0.4) is 0 Å². The molecule has 4 heteroatoms. The first-order chi connectivity index (χ1) is 18.1. The van der Waals surface area contributed by atoms with Gasteiger partial charge in [-0.05, 0) is 43.5 Å². The second-order valence-electron chi connectivity index (χ2n) is 10.0. The number of imidazole rings is 1. The van der Waals surface area contributed by atoms with Gasteiger partial charge in [0.05, 0.1) is 11.4 Å². The topological polar surface area (TPSA) is 41.3 Å². The molecular weight excluding hydrogens is 454 g/mol. The zero-order valence-electron chi connectivity index (χ0n) is 22.7. The molecule has 0 spiro atoms. The van der Waals surface area contributed by atoms with Crippen LogP contribution in [0.25, 0.3) is 22.6 Å². The van der Waals surface area contributed by atoms with E-state index in [4.69, 9.17) is 4.98 Å². The van der Waals surface area contributed by atoms with Crippen molar-refractivity contribution in [3.05, 3.63) is 95.7 Å². The van der Waals surface area contributed by atoms with Gasteiger partial charge in [-0.2, -0.15) is 0 Å². The van der Waals surface area contributed by atoms with Crippen molar-refractivity contribution in [1.82, 2.24) is 14.5 Å². The van der Waals surface area contributed by atoms with Gasteiger partial charge in [-0.3, -0.25) is 4.90 Å². The Morgan fingerprint density at radius 3 is 2.11 bits per heavy atom. The average Bonchev–Trinajstić information content (AvgIpc) is 3.28. The summed E-state index contributed by atoms with van der Waals surface area (Å²) in [6.07, 6.45) is 5.84. The molecule has 0 aliphatic rings. The normalized spacial score (nSPS) is 11.4. The number of hydrogen-bond donors (Lipinski definition) is 1. The van der Waals surface area contributed by atoms with Gasteiger partial charge in [0.25, 0.3) is 0 Å². The zero-order valence-corrected chi connectivity index (χ0v) is 22.7. The van der Waals surface area contributed by atoms with Gasteiger partial charge in [0.15, 0.2) is 0 Å². The van der Waals surface area contributed by atoms with Crippen molar-refractivity contribution in [2.24, 2.45) is 0 Å². The highest BCUT2D eigenvalue weighted by Crippen LogP contribution is 2.31. The van der Waals surface area contributed by atoms with E-state index in [0.717, 1.165) is 68.1 Å². The second kappa shape index (κ2) is 13.3. The number of rotatable bonds is 13. The second-order valence-corrected chi connectivity index (χ2v) is 10.0. The molecule has 0 amide bonds. The summed E-state index contributed by atoms with van der Waals surface area (Å²) in [5.74, 6) is 1.42. The van der Waals surface area contributed by atoms with Crippen molar-refractivity contribution < 1.29 is 5.11 Å². The summed E-state index contributed by atoms with van der Waals surface area (Å²) in [5.41, 5.74) is 6.85. The molecular formula is C33H41N3O. The number of phenols is 1. The molecule has 4 aromatic rings. The van der Waals surface area contributed by atoms with E-state index < -0.39 is 0 Å². The lowest BCUT2D eigenvalue weighted by atomic mass is 10.1. The highest BCUT2D eigenvalue weighted by molar-refractivity contribution is 5.68. The number of hydrogen-bond acceptors (Lipinski definition) is 3. The molecule has 37 heavy (non-hydrogen) atoms. The lowest BCUT2D eigenvalue weighted by molar-refractivity contribution is 0.246. The number of aromatic hydroxyl groups is 1. The van der Waals surface area contributed by atoms with Gasteiger partial charge in [-0.25, -0.2) is 4.98 Å². The average molecular weight is 496 g/mol. The van der Waals surface area contributed by atoms with E-state index in [1.807, 2.05) is 19.1 Å². The molecule has 0 aliphatic carbocycles. The quantitative estimate of drug-likeness (QED) is 0.190. The molecule has 1 heterocycles. The third-order valence-electron chi connectivity index (χ3n) is 7.01. The van der Waals surface area contributed by atoms with Crippen LogP contribution in [-0.4, -0.2) is 26.1 Å². The molecule has 4 nitrogen and oxygen atoms in total. The number of aryl methyl sites for hydroxylation is 1. The number of phenolic OH excluding ortho intramolecular Hbond substituents is 1. The van der Waals surface area contributed by atoms with Crippen LogP contribution in [0.2, 0.25) is 0 Å². The summed E-state index contributed by atoms with van der Waals surface area (Å²) >= 11 is 0. The van der Waals surface area contributed by atoms with Gasteiger partial charge >= 0.3 is 0 Å². The molecule has 0 bridgehead atoms. The van der Waals surface area contributed by atoms with Crippen molar-refractivity contribution in [1.29, 1.82) is 0 Å². The van der Waals surface area contributed by atoms with Gasteiger partial charge in [-0.1, -0.05) is 106 Å². The van der Waals surface area contributed by atoms with Crippen LogP contribution in [0, 0.1) is 6.92 Å². The Labute approximate surface area is 222 Å². The van der Waals surface area contributed by atoms with E-state index in [1.165, 1.54) is 29.7 Å². The highest BCUT2D eigenvalue weighted by Gasteiger charge is 2.22. The summed E-state index contributed by atoms with van der Waals surface area (Å²) in [4.78, 5) is 7.84. The number of nitrogens with zero attached hydrogens (tertiary/aromatic N) is 3. The summed E-state index contributed by atoms with van der Waals surface area (Å²) in [7, 11) is 0. The minimum absolute atomic E-state index is 0.358. The predicted molar refractivity (Wildman–Crippen MR) is 154 cm³/mol. The SMILES string of the molecule is CCCCCn1c(-c2ccccc2)nc(-c2ccccc2)c1CN(CCCC)Cc1ccc(O)c(C)c1. The molecule has 0 atom stereocenters. The van der Waals surface area contributed by atoms with E-state index in [2.05, 4.69) is 90.0 Å². The zero-order chi connectivity index (χ0) is 26.0. The van der Waals surface area contributed by atoms with Crippen LogP contribution in [0.5, 0.6) is 5.75 Å². The minimum atomic E-state index is 0.358. The number of unbranched alkanes of at least 4 members (excludes halogenated alkanes) is 3. The first-order valence-corrected chi connectivity index (χ1v) is 13.8. The van der Waals surface area contributed by atoms with Crippen LogP contribution in [0.1, 0.15) is 62.8 Å². The maximum atomic E-state index is 10.0. The smallest absolute Gasteiger partial charge is 0.140 e. The molecule has 0 aliphatic heterocycles. The van der Waals surface area contributed by atoms with Crippen LogP contribution in [0.4, 0.5) is 0 Å². The maximum Gasteiger partial charge on any atom is 0.140 e. The van der Waals surface area contributed by atoms with Crippen molar-refractivity contribution in [3.63, 3.8) is 0 Å². The molecule has 0 radical (unpaired) electrons. The van der Waals surface area contributed by atoms with Crippen molar-refractivity contribution >= 4 is 0 Å². The molecule has 4 rings (SSSR count). The molecule has 1 N–H and O–H groups in total. The fraction of sp³-hybridized carbons (Fsp3) is 0.364. The van der Waals surface area contributed by atoms with E-state index in [0.29, 0.717) is 5.75 Å². The molecule has 0 saturated heterocycles. The van der Waals surface area contributed by atoms with E-state index >= 15 is 0 Å². The highest BCUT2D eigenvalue weighted by atomic mass is 16.3. The summed E-state index contributed by atoms with van der Waals surface area (Å²) in [5, 5.41) is 10.0. The lowest BCUT2D eigenvalue weighted by Gasteiger charge is -2.24. The van der Waals surface area contributed by atoms with Gasteiger partial charge in [0.2, 0.25) is 0 Å². The Balaban J connectivity index is 1.78. The molecule has 3 aromatic carbocycles. The maximum absolute atomic E-state index is 10.0. The summed E-state index contributed by atoms with van der Waals surface area (Å²) in [6, 6.07) is 27.2. The van der Waals surface area contributed by atoms with Gasteiger partial charge in [0.1, 0.15) is 11.6 Å². The summed E-state index contributed by atoms with van der Waals surface area (Å²) < 4.78 is 2.48. The van der Waals surface area contributed by atoms with Crippen LogP contribution in [-0.2, 0) is 19.6 Å². The van der Waals surface area contributed by atoms with Crippen molar-refractivity contribution in [2.45, 2.75) is 72.5 Å². The van der Waals surface area contributed by atoms with Gasteiger partial charge in [-0.15, -0.1) is 0 Å². The van der Waals surface area contributed by atoms with Crippen LogP contribution < -0.4 is 0 Å². The standard InChI is InChI=1S/C33H41N3O/c1-4-6-14-22-36-30(25-35(21-7-5-2)24-27-19-20-31(37)26(3)23-27)32(28-15-10-8-11-16-28)34-33(36)29-17-12-9-13-18-29/h8-13,15-20,23,37H,4-7,14,21-22,24-25H2,1-3H3. The largest absolute Gasteiger partial charge is 0.508 e. The Kier molecular flexibility index (Phi) is 9.56. The number of aromatic nitrogens is 2. The van der Waals surface area contributed by atoms with Gasteiger partial charge < -0.3 is 9.67 Å². The van der Waals surface area contributed by atoms with Crippen LogP contribution in [0.15, 0.2) is 78.9 Å². The molecule has 194 valence electrons. The Hall–Kier alpha value is -3.37.